The number of hydrogen-bond acceptors (Lipinski definition) is 7. The molecule has 4 rings (SSSR count). The van der Waals surface area contributed by atoms with Crippen molar-refractivity contribution in [1.82, 2.24) is 4.90 Å². The molecule has 0 fully saturated rings. The summed E-state index contributed by atoms with van der Waals surface area (Å²) in [6.45, 7) is 3.75. The minimum Gasteiger partial charge on any atom is -0.484 e. The van der Waals surface area contributed by atoms with Crippen molar-refractivity contribution in [3.8, 4) is 5.75 Å². The highest BCUT2D eigenvalue weighted by atomic mass is 32.2. The molecule has 0 radical (unpaired) electrons. The van der Waals surface area contributed by atoms with Gasteiger partial charge in [-0.2, -0.15) is 0 Å². The topological polar surface area (TPSA) is 80.2 Å². The minimum atomic E-state index is -0.394. The number of thioether (sulfide) groups is 1. The molecule has 0 aliphatic carbocycles. The van der Waals surface area contributed by atoms with Crippen LogP contribution < -0.4 is 10.1 Å². The van der Waals surface area contributed by atoms with Gasteiger partial charge in [0.05, 0.1) is 23.9 Å². The fourth-order valence-corrected chi connectivity index (χ4v) is 4.33. The third-order valence-corrected chi connectivity index (χ3v) is 5.69. The molecule has 0 unspecified atom stereocenters. The lowest BCUT2D eigenvalue weighted by molar-refractivity contribution is -0.139. The van der Waals surface area contributed by atoms with E-state index in [0.29, 0.717) is 22.7 Å². The van der Waals surface area contributed by atoms with E-state index in [-0.39, 0.29) is 19.1 Å². The number of para-hydroxylation sites is 1. The molecule has 2 heterocycles. The molecule has 0 saturated carbocycles. The number of carbonyl (C=O) groups excluding carboxylic acids is 2. The van der Waals surface area contributed by atoms with Crippen LogP contribution in [0.15, 0.2) is 82.5 Å². The van der Waals surface area contributed by atoms with Crippen molar-refractivity contribution < 1.29 is 19.1 Å². The second-order valence-electron chi connectivity index (χ2n) is 7.10. The van der Waals surface area contributed by atoms with Gasteiger partial charge in [0, 0.05) is 11.9 Å². The molecular weight excluding hydrogens is 426 g/mol. The molecule has 2 aromatic rings. The molecule has 8 heteroatoms. The first-order chi connectivity index (χ1) is 15.6. The fraction of sp³-hybridized carbons (Fsp3) is 0.208. The number of fused-ring (bicyclic) bond motifs is 1. The summed E-state index contributed by atoms with van der Waals surface area (Å²) in [7, 11) is 0. The van der Waals surface area contributed by atoms with Crippen LogP contribution in [0.2, 0.25) is 0 Å². The van der Waals surface area contributed by atoms with Crippen LogP contribution in [0.4, 0.5) is 5.69 Å². The Labute approximate surface area is 190 Å². The lowest BCUT2D eigenvalue weighted by Gasteiger charge is -2.33. The van der Waals surface area contributed by atoms with Crippen molar-refractivity contribution in [3.63, 3.8) is 0 Å². The van der Waals surface area contributed by atoms with Crippen LogP contribution in [0.1, 0.15) is 25.5 Å². The van der Waals surface area contributed by atoms with Crippen molar-refractivity contribution in [2.45, 2.75) is 19.9 Å². The Kier molecular flexibility index (Phi) is 6.61. The number of anilines is 1. The van der Waals surface area contributed by atoms with E-state index in [1.165, 1.54) is 11.8 Å². The summed E-state index contributed by atoms with van der Waals surface area (Å²) in [5, 5.41) is 5.53. The molecule has 32 heavy (non-hydrogen) atoms. The van der Waals surface area contributed by atoms with Crippen molar-refractivity contribution in [1.29, 1.82) is 0 Å². The average molecular weight is 450 g/mol. The Balaban J connectivity index is 1.54. The number of carbonyl (C=O) groups is 2. The molecule has 2 aliphatic heterocycles. The van der Waals surface area contributed by atoms with E-state index in [0.717, 1.165) is 10.7 Å². The normalized spacial score (nSPS) is 17.0. The molecule has 1 atom stereocenters. The Hall–Kier alpha value is -3.52. The molecule has 0 aromatic heterocycles. The Morgan fingerprint density at radius 2 is 1.97 bits per heavy atom. The smallest absolute Gasteiger partial charge is 0.338 e. The SMILES string of the molecule is CCOC(=O)C1=C(C)N=C2SC=CN2[C@@H]1c1cccc(OCC(=O)Nc2ccccc2)c1. The number of amides is 1. The van der Waals surface area contributed by atoms with Gasteiger partial charge in [-0.3, -0.25) is 4.79 Å². The third-order valence-electron chi connectivity index (χ3n) is 4.92. The summed E-state index contributed by atoms with van der Waals surface area (Å²) in [6, 6.07) is 16.2. The standard InChI is InChI=1S/C24H23N3O4S/c1-3-30-23(29)21-16(2)25-24-27(12-13-32-24)22(21)17-8-7-11-19(14-17)31-15-20(28)26-18-9-5-4-6-10-18/h4-14,22H,3,15H2,1-2H3,(H,26,28)/t22-/m1/s1. The Morgan fingerprint density at radius 3 is 2.75 bits per heavy atom. The highest BCUT2D eigenvalue weighted by Gasteiger charge is 2.37. The maximum absolute atomic E-state index is 12.8. The summed E-state index contributed by atoms with van der Waals surface area (Å²) >= 11 is 1.50. The molecule has 0 saturated heterocycles. The van der Waals surface area contributed by atoms with Gasteiger partial charge < -0.3 is 19.7 Å². The van der Waals surface area contributed by atoms with Gasteiger partial charge in [0.1, 0.15) is 5.75 Å². The van der Waals surface area contributed by atoms with E-state index in [2.05, 4.69) is 10.3 Å². The summed E-state index contributed by atoms with van der Waals surface area (Å²) < 4.78 is 11.0. The van der Waals surface area contributed by atoms with Gasteiger partial charge >= 0.3 is 5.97 Å². The largest absolute Gasteiger partial charge is 0.484 e. The molecule has 164 valence electrons. The Morgan fingerprint density at radius 1 is 1.16 bits per heavy atom. The van der Waals surface area contributed by atoms with Gasteiger partial charge in [0.25, 0.3) is 5.91 Å². The maximum atomic E-state index is 12.8. The van der Waals surface area contributed by atoms with Crippen LogP contribution >= 0.6 is 11.8 Å². The number of nitrogens with zero attached hydrogens (tertiary/aromatic N) is 2. The van der Waals surface area contributed by atoms with Crippen molar-refractivity contribution in [2.24, 2.45) is 4.99 Å². The summed E-state index contributed by atoms with van der Waals surface area (Å²) in [5.41, 5.74) is 2.67. The number of benzene rings is 2. The number of allylic oxidation sites excluding steroid dienone is 1. The van der Waals surface area contributed by atoms with Crippen LogP contribution in [0.25, 0.3) is 0 Å². The van der Waals surface area contributed by atoms with Gasteiger partial charge in [0.15, 0.2) is 11.8 Å². The predicted molar refractivity (Wildman–Crippen MR) is 125 cm³/mol. The van der Waals surface area contributed by atoms with E-state index >= 15 is 0 Å². The molecule has 2 aliphatic rings. The van der Waals surface area contributed by atoms with Crippen LogP contribution in [0.5, 0.6) is 5.75 Å². The zero-order chi connectivity index (χ0) is 22.5. The van der Waals surface area contributed by atoms with Gasteiger partial charge in [-0.1, -0.05) is 42.1 Å². The third kappa shape index (κ3) is 4.70. The van der Waals surface area contributed by atoms with E-state index in [9.17, 15) is 9.59 Å². The Bertz CT molecular complexity index is 1110. The number of amidine groups is 1. The molecule has 1 amide bonds. The highest BCUT2D eigenvalue weighted by Crippen LogP contribution is 2.41. The van der Waals surface area contributed by atoms with Crippen molar-refractivity contribution in [2.75, 3.05) is 18.5 Å². The van der Waals surface area contributed by atoms with E-state index in [4.69, 9.17) is 9.47 Å². The zero-order valence-corrected chi connectivity index (χ0v) is 18.6. The van der Waals surface area contributed by atoms with E-state index < -0.39 is 12.0 Å². The molecule has 0 bridgehead atoms. The predicted octanol–water partition coefficient (Wildman–Crippen LogP) is 4.47. The first-order valence-electron chi connectivity index (χ1n) is 10.2. The lowest BCUT2D eigenvalue weighted by Crippen LogP contribution is -2.34. The van der Waals surface area contributed by atoms with E-state index in [1.54, 1.807) is 13.0 Å². The first kappa shape index (κ1) is 21.7. The highest BCUT2D eigenvalue weighted by molar-refractivity contribution is 8.16. The quantitative estimate of drug-likeness (QED) is 0.628. The zero-order valence-electron chi connectivity index (χ0n) is 17.8. The van der Waals surface area contributed by atoms with Crippen LogP contribution in [0, 0.1) is 0 Å². The summed E-state index contributed by atoms with van der Waals surface area (Å²) in [5.74, 6) is -0.112. The van der Waals surface area contributed by atoms with Gasteiger partial charge in [-0.05, 0) is 49.1 Å². The molecule has 1 N–H and O–H groups in total. The second-order valence-corrected chi connectivity index (χ2v) is 7.98. The number of hydrogen-bond donors (Lipinski definition) is 1. The number of esters is 1. The number of rotatable bonds is 7. The molecular formula is C24H23N3O4S. The minimum absolute atomic E-state index is 0.130. The summed E-state index contributed by atoms with van der Waals surface area (Å²) in [6.07, 6.45) is 1.90. The average Bonchev–Trinajstić information content (AvgIpc) is 3.26. The number of ether oxygens (including phenoxy) is 2. The van der Waals surface area contributed by atoms with Gasteiger partial charge in [0.2, 0.25) is 0 Å². The van der Waals surface area contributed by atoms with E-state index in [1.807, 2.05) is 72.0 Å². The van der Waals surface area contributed by atoms with Crippen LogP contribution in [0.3, 0.4) is 0 Å². The van der Waals surface area contributed by atoms with Gasteiger partial charge in [-0.25, -0.2) is 9.79 Å². The van der Waals surface area contributed by atoms with Gasteiger partial charge in [-0.15, -0.1) is 0 Å². The molecule has 2 aromatic carbocycles. The van der Waals surface area contributed by atoms with Crippen molar-refractivity contribution in [3.05, 3.63) is 83.0 Å². The monoisotopic (exact) mass is 449 g/mol. The number of aliphatic imine (C=N–C) groups is 1. The molecule has 0 spiro atoms. The van der Waals surface area contributed by atoms with Crippen LogP contribution in [-0.2, 0) is 14.3 Å². The lowest BCUT2D eigenvalue weighted by atomic mass is 9.94. The maximum Gasteiger partial charge on any atom is 0.338 e. The summed E-state index contributed by atoms with van der Waals surface area (Å²) in [4.78, 5) is 31.5. The second kappa shape index (κ2) is 9.74. The van der Waals surface area contributed by atoms with Crippen LogP contribution in [-0.4, -0.2) is 35.2 Å². The first-order valence-corrected chi connectivity index (χ1v) is 11.1. The molecule has 7 nitrogen and oxygen atoms in total. The fourth-order valence-electron chi connectivity index (χ4n) is 3.54. The van der Waals surface area contributed by atoms with Crippen molar-refractivity contribution >= 4 is 34.5 Å². The number of nitrogens with one attached hydrogen (secondary N) is 1.